The minimum absolute atomic E-state index is 0.0107. The SMILES string of the molecule is Cc1cccc(Cl)c1CN1CCc2cc(-c3cnc(C)c(CC(=O)O)c3N3CCC(C)(C)CC3)ccc2C1. The molecule has 1 fully saturated rings. The zero-order chi connectivity index (χ0) is 27.0. The van der Waals surface area contributed by atoms with Gasteiger partial charge in [-0.05, 0) is 72.4 Å². The lowest BCUT2D eigenvalue weighted by Gasteiger charge is -2.40. The van der Waals surface area contributed by atoms with Crippen LogP contribution in [0.4, 0.5) is 5.69 Å². The fraction of sp³-hybridized carbons (Fsp3) is 0.438. The van der Waals surface area contributed by atoms with Crippen molar-refractivity contribution in [1.82, 2.24) is 9.88 Å². The van der Waals surface area contributed by atoms with Crippen molar-refractivity contribution in [3.8, 4) is 11.1 Å². The van der Waals surface area contributed by atoms with Gasteiger partial charge in [0, 0.05) is 60.8 Å². The highest BCUT2D eigenvalue weighted by molar-refractivity contribution is 6.31. The molecule has 3 heterocycles. The summed E-state index contributed by atoms with van der Waals surface area (Å²) in [5, 5.41) is 10.6. The summed E-state index contributed by atoms with van der Waals surface area (Å²) in [6, 6.07) is 12.9. The molecule has 0 aliphatic carbocycles. The van der Waals surface area contributed by atoms with Crippen molar-refractivity contribution in [2.75, 3.05) is 24.5 Å². The van der Waals surface area contributed by atoms with E-state index in [0.29, 0.717) is 5.41 Å². The first-order chi connectivity index (χ1) is 18.1. The van der Waals surface area contributed by atoms with Gasteiger partial charge in [0.25, 0.3) is 0 Å². The molecule has 1 saturated heterocycles. The largest absolute Gasteiger partial charge is 0.481 e. The van der Waals surface area contributed by atoms with E-state index in [1.54, 1.807) is 0 Å². The molecule has 0 spiro atoms. The number of fused-ring (bicyclic) bond motifs is 1. The van der Waals surface area contributed by atoms with Crippen LogP contribution in [-0.2, 0) is 30.7 Å². The molecule has 2 aliphatic rings. The molecular weight excluding hydrogens is 494 g/mol. The van der Waals surface area contributed by atoms with Crippen molar-refractivity contribution in [2.24, 2.45) is 5.41 Å². The van der Waals surface area contributed by atoms with Crippen LogP contribution in [0.3, 0.4) is 0 Å². The van der Waals surface area contributed by atoms with Crippen LogP contribution in [0.15, 0.2) is 42.6 Å². The zero-order valence-corrected chi connectivity index (χ0v) is 23.7. The normalized spacial score (nSPS) is 17.3. The number of piperidine rings is 1. The molecule has 0 amide bonds. The van der Waals surface area contributed by atoms with Crippen LogP contribution < -0.4 is 4.90 Å². The summed E-state index contributed by atoms with van der Waals surface area (Å²) in [4.78, 5) is 21.4. The second kappa shape index (κ2) is 10.7. The summed E-state index contributed by atoms with van der Waals surface area (Å²) in [7, 11) is 0. The predicted octanol–water partition coefficient (Wildman–Crippen LogP) is 6.83. The number of rotatable bonds is 6. The first-order valence-corrected chi connectivity index (χ1v) is 14.0. The van der Waals surface area contributed by atoms with Crippen LogP contribution in [0.5, 0.6) is 0 Å². The Hall–Kier alpha value is -2.89. The molecule has 2 aromatic carbocycles. The van der Waals surface area contributed by atoms with Gasteiger partial charge >= 0.3 is 5.97 Å². The highest BCUT2D eigenvalue weighted by Gasteiger charge is 2.29. The van der Waals surface area contributed by atoms with Crippen molar-refractivity contribution >= 4 is 23.3 Å². The van der Waals surface area contributed by atoms with Crippen LogP contribution in [0.1, 0.15) is 60.2 Å². The van der Waals surface area contributed by atoms with Crippen molar-refractivity contribution in [3.63, 3.8) is 0 Å². The average molecular weight is 532 g/mol. The number of pyridine rings is 1. The number of nitrogens with zero attached hydrogens (tertiary/aromatic N) is 3. The first-order valence-electron chi connectivity index (χ1n) is 13.6. The number of hydrogen-bond donors (Lipinski definition) is 1. The monoisotopic (exact) mass is 531 g/mol. The fourth-order valence-corrected chi connectivity index (χ4v) is 6.19. The summed E-state index contributed by atoms with van der Waals surface area (Å²) in [6.07, 6.45) is 5.09. The van der Waals surface area contributed by atoms with Gasteiger partial charge in [-0.2, -0.15) is 0 Å². The molecular formula is C32H38ClN3O2. The Morgan fingerprint density at radius 3 is 2.53 bits per heavy atom. The van der Waals surface area contributed by atoms with E-state index < -0.39 is 5.97 Å². The van der Waals surface area contributed by atoms with Crippen molar-refractivity contribution in [2.45, 2.75) is 66.5 Å². The number of aromatic nitrogens is 1. The molecule has 0 bridgehead atoms. The molecule has 3 aromatic rings. The number of carboxylic acids is 1. The lowest BCUT2D eigenvalue weighted by molar-refractivity contribution is -0.136. The second-order valence-electron chi connectivity index (χ2n) is 11.8. The van der Waals surface area contributed by atoms with Crippen LogP contribution in [0, 0.1) is 19.3 Å². The Morgan fingerprint density at radius 2 is 1.82 bits per heavy atom. The molecule has 200 valence electrons. The molecule has 1 N–H and O–H groups in total. The van der Waals surface area contributed by atoms with Crippen LogP contribution >= 0.6 is 11.6 Å². The molecule has 6 heteroatoms. The Kier molecular flexibility index (Phi) is 7.52. The number of halogens is 1. The Balaban J connectivity index is 1.46. The average Bonchev–Trinajstić information content (AvgIpc) is 2.87. The van der Waals surface area contributed by atoms with Crippen molar-refractivity contribution in [1.29, 1.82) is 0 Å². The van der Waals surface area contributed by atoms with Gasteiger partial charge in [-0.25, -0.2) is 0 Å². The maximum absolute atomic E-state index is 11.8. The van der Waals surface area contributed by atoms with Gasteiger partial charge in [0.15, 0.2) is 0 Å². The highest BCUT2D eigenvalue weighted by Crippen LogP contribution is 2.40. The summed E-state index contributed by atoms with van der Waals surface area (Å²) < 4.78 is 0. The summed E-state index contributed by atoms with van der Waals surface area (Å²) in [5.41, 5.74) is 10.3. The van der Waals surface area contributed by atoms with Gasteiger partial charge in [0.05, 0.1) is 12.1 Å². The molecule has 5 rings (SSSR count). The van der Waals surface area contributed by atoms with Gasteiger partial charge < -0.3 is 10.0 Å². The van der Waals surface area contributed by atoms with Gasteiger partial charge in [-0.1, -0.05) is 55.8 Å². The van der Waals surface area contributed by atoms with Crippen LogP contribution in [0.25, 0.3) is 11.1 Å². The number of carboxylic acid groups (broad SMARTS) is 1. The van der Waals surface area contributed by atoms with E-state index in [4.69, 9.17) is 11.6 Å². The smallest absolute Gasteiger partial charge is 0.307 e. The Bertz CT molecular complexity index is 1340. The molecule has 2 aliphatic heterocycles. The molecule has 0 radical (unpaired) electrons. The lowest BCUT2D eigenvalue weighted by atomic mass is 9.82. The standard InChI is InChI=1S/C32H38ClN3O2/c1-21-6-5-7-29(33)28(21)20-35-13-10-23-16-24(8-9-25(23)19-35)27-18-34-22(2)26(17-30(37)38)31(27)36-14-11-32(3,4)12-15-36/h5-9,16,18H,10-15,17,19-20H2,1-4H3,(H,37,38). The third-order valence-corrected chi connectivity index (χ3v) is 8.82. The molecule has 1 aromatic heterocycles. The first kappa shape index (κ1) is 26.7. The number of aliphatic carboxylic acids is 1. The van der Waals surface area contributed by atoms with E-state index >= 15 is 0 Å². The Morgan fingerprint density at radius 1 is 1.05 bits per heavy atom. The zero-order valence-electron chi connectivity index (χ0n) is 23.0. The molecule has 0 unspecified atom stereocenters. The summed E-state index contributed by atoms with van der Waals surface area (Å²) in [6.45, 7) is 13.3. The molecule has 5 nitrogen and oxygen atoms in total. The maximum atomic E-state index is 11.8. The number of carbonyl (C=O) groups is 1. The van der Waals surface area contributed by atoms with E-state index in [2.05, 4.69) is 59.8 Å². The third-order valence-electron chi connectivity index (χ3n) is 8.47. The number of benzene rings is 2. The van der Waals surface area contributed by atoms with Gasteiger partial charge in [-0.15, -0.1) is 0 Å². The number of anilines is 1. The van der Waals surface area contributed by atoms with Gasteiger partial charge in [-0.3, -0.25) is 14.7 Å². The van der Waals surface area contributed by atoms with Crippen molar-refractivity contribution in [3.05, 3.63) is 81.1 Å². The molecule has 38 heavy (non-hydrogen) atoms. The minimum Gasteiger partial charge on any atom is -0.481 e. The van der Waals surface area contributed by atoms with E-state index in [0.717, 1.165) is 85.1 Å². The maximum Gasteiger partial charge on any atom is 0.307 e. The topological polar surface area (TPSA) is 56.7 Å². The molecule has 0 atom stereocenters. The summed E-state index contributed by atoms with van der Waals surface area (Å²) in [5.74, 6) is -0.815. The fourth-order valence-electron chi connectivity index (χ4n) is 5.91. The van der Waals surface area contributed by atoms with E-state index in [9.17, 15) is 9.90 Å². The quantitative estimate of drug-likeness (QED) is 0.378. The predicted molar refractivity (Wildman–Crippen MR) is 155 cm³/mol. The van der Waals surface area contributed by atoms with Crippen molar-refractivity contribution < 1.29 is 9.90 Å². The van der Waals surface area contributed by atoms with Crippen LogP contribution in [0.2, 0.25) is 5.02 Å². The van der Waals surface area contributed by atoms with E-state index in [1.165, 1.54) is 22.3 Å². The molecule has 0 saturated carbocycles. The third kappa shape index (κ3) is 5.60. The Labute approximate surface area is 231 Å². The lowest BCUT2D eigenvalue weighted by Crippen LogP contribution is -2.38. The van der Waals surface area contributed by atoms with E-state index in [1.807, 2.05) is 25.3 Å². The second-order valence-corrected chi connectivity index (χ2v) is 12.2. The van der Waals surface area contributed by atoms with E-state index in [-0.39, 0.29) is 6.42 Å². The van der Waals surface area contributed by atoms with Crippen LogP contribution in [-0.4, -0.2) is 40.6 Å². The number of hydrogen-bond acceptors (Lipinski definition) is 4. The summed E-state index contributed by atoms with van der Waals surface area (Å²) >= 11 is 6.51. The highest BCUT2D eigenvalue weighted by atomic mass is 35.5. The van der Waals surface area contributed by atoms with Gasteiger partial charge in [0.2, 0.25) is 0 Å². The minimum atomic E-state index is -0.815. The number of aryl methyl sites for hydroxylation is 2. The van der Waals surface area contributed by atoms with Gasteiger partial charge in [0.1, 0.15) is 0 Å².